The Morgan fingerprint density at radius 1 is 0.254 bits per heavy atom. The van der Waals surface area contributed by atoms with Crippen LogP contribution in [0.15, 0.2) is 146 Å². The topological polar surface area (TPSA) is 288 Å². The molecule has 0 aromatic heterocycles. The van der Waals surface area contributed by atoms with Crippen LogP contribution in [-0.4, -0.2) is 119 Å². The number of ether oxygens (including phenoxy) is 7. The molecular weight excluding hydrogens is 929 g/mol. The second kappa shape index (κ2) is 23.8. The fourth-order valence-corrected chi connectivity index (χ4v) is 6.38. The minimum absolute atomic E-state index is 0.0138. The molecule has 0 heterocycles. The van der Waals surface area contributed by atoms with E-state index in [-0.39, 0.29) is 67.9 Å². The van der Waals surface area contributed by atoms with Gasteiger partial charge in [-0.25, -0.2) is 28.8 Å². The van der Waals surface area contributed by atoms with Crippen molar-refractivity contribution in [1.29, 1.82) is 0 Å². The lowest BCUT2D eigenvalue weighted by Gasteiger charge is -2.35. The number of hydrogen-bond acceptors (Lipinski definition) is 19. The van der Waals surface area contributed by atoms with Crippen LogP contribution in [-0.2, 0) is 33.2 Å². The lowest BCUT2D eigenvalue weighted by molar-refractivity contribution is -0.112. The van der Waals surface area contributed by atoms with E-state index in [0.29, 0.717) is 0 Å². The van der Waals surface area contributed by atoms with Crippen molar-refractivity contribution in [3.63, 3.8) is 0 Å². The summed E-state index contributed by atoms with van der Waals surface area (Å²) in [7, 11) is 0. The van der Waals surface area contributed by atoms with E-state index in [9.17, 15) is 59.4 Å². The van der Waals surface area contributed by atoms with Crippen molar-refractivity contribution < 1.29 is 92.6 Å². The molecule has 368 valence electrons. The second-order valence-corrected chi connectivity index (χ2v) is 16.2. The first kappa shape index (κ1) is 51.3. The third-order valence-corrected chi connectivity index (χ3v) is 10.5. The van der Waals surface area contributed by atoms with Gasteiger partial charge < -0.3 is 63.8 Å². The molecule has 6 aromatic carbocycles. The molecule has 0 spiro atoms. The maximum atomic E-state index is 13.5. The number of phenolic OH excluding ortho intramolecular Hbond substituents is 6. The maximum absolute atomic E-state index is 13.5. The summed E-state index contributed by atoms with van der Waals surface area (Å²) in [5.74, 6) is -6.45. The van der Waals surface area contributed by atoms with Crippen molar-refractivity contribution in [3.05, 3.63) is 179 Å². The summed E-state index contributed by atoms with van der Waals surface area (Å²) >= 11 is 0. The zero-order valence-electron chi connectivity index (χ0n) is 37.5. The van der Waals surface area contributed by atoms with E-state index in [4.69, 9.17) is 33.2 Å². The molecule has 0 bridgehead atoms. The van der Waals surface area contributed by atoms with E-state index in [1.165, 1.54) is 146 Å². The fraction of sp³-hybridized carbons (Fsp3) is 0.192. The zero-order valence-corrected chi connectivity index (χ0v) is 37.5. The first-order valence-corrected chi connectivity index (χ1v) is 21.4. The van der Waals surface area contributed by atoms with Crippen LogP contribution in [0, 0.1) is 10.8 Å². The molecule has 6 rings (SSSR count). The summed E-state index contributed by atoms with van der Waals surface area (Å²) in [6, 6.07) is 30.2. The van der Waals surface area contributed by atoms with Crippen molar-refractivity contribution in [1.82, 2.24) is 0 Å². The molecule has 0 aliphatic carbocycles. The van der Waals surface area contributed by atoms with Crippen LogP contribution in [0.1, 0.15) is 62.1 Å². The van der Waals surface area contributed by atoms with Crippen molar-refractivity contribution in [2.75, 3.05) is 52.9 Å². The number of aromatic hydroxyl groups is 6. The van der Waals surface area contributed by atoms with E-state index in [0.717, 1.165) is 0 Å². The molecule has 0 radical (unpaired) electrons. The highest BCUT2D eigenvalue weighted by Crippen LogP contribution is 2.29. The molecule has 0 saturated heterocycles. The second-order valence-electron chi connectivity index (χ2n) is 16.2. The minimum atomic E-state index is -1.83. The summed E-state index contributed by atoms with van der Waals surface area (Å²) in [4.78, 5) is 80.9. The molecule has 0 amide bonds. The number of rotatable bonds is 22. The quantitative estimate of drug-likeness (QED) is 0.0319. The van der Waals surface area contributed by atoms with Gasteiger partial charge in [0.15, 0.2) is 0 Å². The predicted octanol–water partition coefficient (Wildman–Crippen LogP) is 6.35. The molecule has 6 aromatic rings. The van der Waals surface area contributed by atoms with E-state index >= 15 is 0 Å². The molecule has 0 atom stereocenters. The van der Waals surface area contributed by atoms with Gasteiger partial charge in [0.05, 0.1) is 57.4 Å². The van der Waals surface area contributed by atoms with Gasteiger partial charge in [0.1, 0.15) is 74.1 Å². The lowest BCUT2D eigenvalue weighted by atomic mass is 9.90. The molecular formula is C52H46O19. The zero-order chi connectivity index (χ0) is 51.0. The van der Waals surface area contributed by atoms with Crippen molar-refractivity contribution in [3.8, 4) is 34.5 Å². The Morgan fingerprint density at radius 2 is 0.394 bits per heavy atom. The van der Waals surface area contributed by atoms with E-state index in [1.54, 1.807) is 0 Å². The molecule has 19 nitrogen and oxygen atoms in total. The van der Waals surface area contributed by atoms with Gasteiger partial charge in [0.2, 0.25) is 0 Å². The Kier molecular flexibility index (Phi) is 17.2. The van der Waals surface area contributed by atoms with E-state index in [2.05, 4.69) is 0 Å². The van der Waals surface area contributed by atoms with Gasteiger partial charge in [0.25, 0.3) is 0 Å². The summed E-state index contributed by atoms with van der Waals surface area (Å²) in [6.07, 6.45) is 0. The molecule has 0 aliphatic heterocycles. The summed E-state index contributed by atoms with van der Waals surface area (Å²) in [5, 5.41) is 59.0. The Hall–Kier alpha value is -9.10. The Balaban J connectivity index is 1.37. The average molecular weight is 975 g/mol. The lowest BCUT2D eigenvalue weighted by Crippen LogP contribution is -2.47. The van der Waals surface area contributed by atoms with Gasteiger partial charge >= 0.3 is 35.8 Å². The molecule has 19 heteroatoms. The number of phenols is 6. The van der Waals surface area contributed by atoms with Crippen LogP contribution in [0.3, 0.4) is 0 Å². The van der Waals surface area contributed by atoms with Gasteiger partial charge in [-0.15, -0.1) is 0 Å². The first-order valence-electron chi connectivity index (χ1n) is 21.4. The Labute approximate surface area is 404 Å². The number of hydrogen-bond donors (Lipinski definition) is 6. The van der Waals surface area contributed by atoms with Gasteiger partial charge in [-0.3, -0.25) is 0 Å². The normalized spacial score (nSPS) is 11.2. The molecule has 0 fully saturated rings. The van der Waals surface area contributed by atoms with Crippen LogP contribution >= 0.6 is 0 Å². The average Bonchev–Trinajstić information content (AvgIpc) is 3.37. The van der Waals surface area contributed by atoms with Crippen LogP contribution < -0.4 is 0 Å². The monoisotopic (exact) mass is 974 g/mol. The van der Waals surface area contributed by atoms with Crippen LogP contribution in [0.25, 0.3) is 0 Å². The number of esters is 6. The highest BCUT2D eigenvalue weighted by molar-refractivity contribution is 5.92. The molecule has 0 unspecified atom stereocenters. The largest absolute Gasteiger partial charge is 0.508 e. The smallest absolute Gasteiger partial charge is 0.338 e. The highest BCUT2D eigenvalue weighted by atomic mass is 16.6. The summed E-state index contributed by atoms with van der Waals surface area (Å²) in [6.45, 7) is -5.50. The summed E-state index contributed by atoms with van der Waals surface area (Å²) < 4.78 is 40.7. The molecule has 71 heavy (non-hydrogen) atoms. The van der Waals surface area contributed by atoms with Gasteiger partial charge in [0, 0.05) is 0 Å². The highest BCUT2D eigenvalue weighted by Gasteiger charge is 2.41. The van der Waals surface area contributed by atoms with Gasteiger partial charge in [-0.05, 0) is 146 Å². The van der Waals surface area contributed by atoms with Crippen LogP contribution in [0.5, 0.6) is 34.5 Å². The van der Waals surface area contributed by atoms with Crippen molar-refractivity contribution in [2.45, 2.75) is 0 Å². The third kappa shape index (κ3) is 14.9. The third-order valence-electron chi connectivity index (χ3n) is 10.5. The molecule has 0 aliphatic rings. The Morgan fingerprint density at radius 3 is 0.535 bits per heavy atom. The molecule has 0 saturated carbocycles. The van der Waals surface area contributed by atoms with Crippen molar-refractivity contribution >= 4 is 35.8 Å². The van der Waals surface area contributed by atoms with E-state index < -0.39 is 99.5 Å². The van der Waals surface area contributed by atoms with Crippen LogP contribution in [0.2, 0.25) is 0 Å². The number of carbonyl (C=O) groups excluding carboxylic acids is 6. The van der Waals surface area contributed by atoms with E-state index in [1.807, 2.05) is 0 Å². The van der Waals surface area contributed by atoms with Gasteiger partial charge in [-0.1, -0.05) is 0 Å². The SMILES string of the molecule is O=C(OCC(COCC(COC(=O)c1ccc(O)cc1)(COC(=O)c1ccc(O)cc1)COC(=O)c1ccc(O)cc1)(COC(=O)c1ccc(O)cc1)COC(=O)c1ccc(O)cc1)c1ccc(O)cc1. The number of benzene rings is 6. The van der Waals surface area contributed by atoms with Gasteiger partial charge in [-0.2, -0.15) is 0 Å². The maximum Gasteiger partial charge on any atom is 0.338 e. The summed E-state index contributed by atoms with van der Waals surface area (Å²) in [5.41, 5.74) is -3.74. The molecule has 6 N–H and O–H groups in total. The standard InChI is InChI=1S/C52H46O19/c53-39-13-1-33(2-14-39)45(59)66-27-51(28-67-46(60)34-3-15-40(54)16-4-34,29-68-47(61)35-5-17-41(55)18-6-35)25-65-26-52(30-69-48(62)36-7-19-42(56)20-8-36,31-70-49(63)37-9-21-43(57)22-10-37)32-71-50(64)38-11-23-44(58)24-12-38/h1-24,53-58H,25-32H2. The Bertz CT molecular complexity index is 2280. The van der Waals surface area contributed by atoms with Crippen molar-refractivity contribution in [2.24, 2.45) is 10.8 Å². The number of carbonyl (C=O) groups is 6. The van der Waals surface area contributed by atoms with Crippen LogP contribution in [0.4, 0.5) is 0 Å². The minimum Gasteiger partial charge on any atom is -0.508 e. The first-order chi connectivity index (χ1) is 34.0. The fourth-order valence-electron chi connectivity index (χ4n) is 6.38. The predicted molar refractivity (Wildman–Crippen MR) is 246 cm³/mol.